The van der Waals surface area contributed by atoms with Crippen molar-refractivity contribution in [3.05, 3.63) is 0 Å². The fourth-order valence-corrected chi connectivity index (χ4v) is 9.96. The smallest absolute Gasteiger partial charge is 0.0264 e. The highest BCUT2D eigenvalue weighted by atomic mass is 14.6. The van der Waals surface area contributed by atoms with Gasteiger partial charge in [0.2, 0.25) is 0 Å². The van der Waals surface area contributed by atoms with Gasteiger partial charge in [0.1, 0.15) is 0 Å². The largest absolute Gasteiger partial charge is 0.0651 e. The molecule has 0 saturated heterocycles. The van der Waals surface area contributed by atoms with Crippen LogP contribution < -0.4 is 0 Å². The van der Waals surface area contributed by atoms with Gasteiger partial charge >= 0.3 is 0 Å². The first kappa shape index (κ1) is 22.2. The summed E-state index contributed by atoms with van der Waals surface area (Å²) >= 11 is 0. The van der Waals surface area contributed by atoms with Gasteiger partial charge in [-0.15, -0.1) is 0 Å². The summed E-state index contributed by atoms with van der Waals surface area (Å²) < 4.78 is 0. The highest BCUT2D eigenvalue weighted by molar-refractivity contribution is 5.09. The van der Waals surface area contributed by atoms with Crippen LogP contribution >= 0.6 is 0 Å². The molecule has 0 amide bonds. The van der Waals surface area contributed by atoms with Crippen LogP contribution in [0, 0.1) is 58.2 Å². The van der Waals surface area contributed by atoms with Crippen molar-refractivity contribution < 1.29 is 0 Å². The second-order valence-electron chi connectivity index (χ2n) is 13.1. The Balaban J connectivity index is 1.45. The normalized spacial score (nSPS) is 46.7. The van der Waals surface area contributed by atoms with Gasteiger partial charge in [-0.1, -0.05) is 67.2 Å². The van der Waals surface area contributed by atoms with Crippen LogP contribution in [0.1, 0.15) is 125 Å². The minimum absolute atomic E-state index is 0.665. The zero-order valence-corrected chi connectivity index (χ0v) is 20.8. The van der Waals surface area contributed by atoms with Crippen molar-refractivity contribution in [3.8, 4) is 0 Å². The molecule has 0 aromatic heterocycles. The third-order valence-electron chi connectivity index (χ3n) is 11.8. The molecule has 29 heavy (non-hydrogen) atoms. The third kappa shape index (κ3) is 3.75. The molecule has 0 aromatic carbocycles. The van der Waals surface area contributed by atoms with Gasteiger partial charge in [-0.2, -0.15) is 0 Å². The summed E-state index contributed by atoms with van der Waals surface area (Å²) in [5, 5.41) is 0. The molecule has 4 rings (SSSR count). The van der Waals surface area contributed by atoms with Crippen LogP contribution in [0.4, 0.5) is 0 Å². The van der Waals surface area contributed by atoms with E-state index in [0.29, 0.717) is 10.8 Å². The predicted octanol–water partition coefficient (Wildman–Crippen LogP) is 9.13. The van der Waals surface area contributed by atoms with Gasteiger partial charge in [-0.3, -0.25) is 0 Å². The lowest BCUT2D eigenvalue weighted by Gasteiger charge is -2.61. The minimum Gasteiger partial charge on any atom is -0.0651 e. The van der Waals surface area contributed by atoms with Crippen molar-refractivity contribution in [2.45, 2.75) is 125 Å². The molecule has 0 spiro atoms. The number of hydrogen-bond acceptors (Lipinski definition) is 0. The standard InChI is InChI=1S/C29H52/c1-7-22(20(2)3)12-11-21(4)25-15-16-26-24-14-13-23-10-8-9-18-28(23,5)27(24)17-19-29(25,26)6/h20-27H,7-19H2,1-6H3/t21?,22-,23?,24?,25-,26?,27?,28+,29-/m1/s1. The van der Waals surface area contributed by atoms with E-state index < -0.39 is 0 Å². The van der Waals surface area contributed by atoms with E-state index in [1.54, 1.807) is 51.4 Å². The molecule has 0 bridgehead atoms. The van der Waals surface area contributed by atoms with Gasteiger partial charge in [0.05, 0.1) is 0 Å². The molecule has 0 aliphatic heterocycles. The maximum Gasteiger partial charge on any atom is -0.0264 e. The van der Waals surface area contributed by atoms with Gasteiger partial charge < -0.3 is 0 Å². The second kappa shape index (κ2) is 8.50. The lowest BCUT2D eigenvalue weighted by Crippen LogP contribution is -2.53. The molecular formula is C29H52. The second-order valence-corrected chi connectivity index (χ2v) is 13.1. The zero-order chi connectivity index (χ0) is 20.8. The van der Waals surface area contributed by atoms with Crippen molar-refractivity contribution in [2.75, 3.05) is 0 Å². The van der Waals surface area contributed by atoms with Crippen molar-refractivity contribution >= 4 is 0 Å². The molecule has 0 heteroatoms. The number of rotatable bonds is 6. The summed E-state index contributed by atoms with van der Waals surface area (Å²) in [5.41, 5.74) is 1.37. The zero-order valence-electron chi connectivity index (χ0n) is 20.8. The molecule has 4 fully saturated rings. The maximum atomic E-state index is 2.76. The summed E-state index contributed by atoms with van der Waals surface area (Å²) in [4.78, 5) is 0. The van der Waals surface area contributed by atoms with E-state index in [-0.39, 0.29) is 0 Å². The highest BCUT2D eigenvalue weighted by Gasteiger charge is 2.60. The van der Waals surface area contributed by atoms with E-state index >= 15 is 0 Å². The van der Waals surface area contributed by atoms with Gasteiger partial charge in [0, 0.05) is 0 Å². The minimum atomic E-state index is 0.665. The lowest BCUT2D eigenvalue weighted by atomic mass is 9.44. The lowest BCUT2D eigenvalue weighted by molar-refractivity contribution is -0.114. The van der Waals surface area contributed by atoms with Crippen LogP contribution in [-0.2, 0) is 0 Å². The van der Waals surface area contributed by atoms with E-state index in [0.717, 1.165) is 47.3 Å². The molecule has 4 aliphatic rings. The third-order valence-corrected chi connectivity index (χ3v) is 11.8. The molecule has 4 aliphatic carbocycles. The summed E-state index contributed by atoms with van der Waals surface area (Å²) in [6, 6.07) is 0. The Kier molecular flexibility index (Phi) is 6.51. The molecule has 0 heterocycles. The number of fused-ring (bicyclic) bond motifs is 5. The Morgan fingerprint density at radius 2 is 1.52 bits per heavy atom. The van der Waals surface area contributed by atoms with Gasteiger partial charge in [0.15, 0.2) is 0 Å². The van der Waals surface area contributed by atoms with Crippen LogP contribution in [-0.4, -0.2) is 0 Å². The average Bonchev–Trinajstić information content (AvgIpc) is 3.05. The van der Waals surface area contributed by atoms with E-state index in [4.69, 9.17) is 0 Å². The Bertz CT molecular complexity index is 548. The van der Waals surface area contributed by atoms with Crippen molar-refractivity contribution in [1.29, 1.82) is 0 Å². The molecule has 168 valence electrons. The molecular weight excluding hydrogens is 348 g/mol. The Morgan fingerprint density at radius 1 is 0.759 bits per heavy atom. The van der Waals surface area contributed by atoms with E-state index in [1.807, 2.05) is 0 Å². The molecule has 0 radical (unpaired) electrons. The quantitative estimate of drug-likeness (QED) is 0.417. The molecule has 9 atom stereocenters. The molecule has 0 aromatic rings. The summed E-state index contributed by atoms with van der Waals surface area (Å²) in [7, 11) is 0. The Labute approximate surface area is 183 Å². The first-order chi connectivity index (χ1) is 13.8. The van der Waals surface area contributed by atoms with Gasteiger partial charge in [-0.25, -0.2) is 0 Å². The van der Waals surface area contributed by atoms with E-state index in [2.05, 4.69) is 41.5 Å². The van der Waals surface area contributed by atoms with Crippen LogP contribution in [0.5, 0.6) is 0 Å². The van der Waals surface area contributed by atoms with Crippen molar-refractivity contribution in [3.63, 3.8) is 0 Å². The average molecular weight is 401 g/mol. The first-order valence-electron chi connectivity index (χ1n) is 13.8. The Morgan fingerprint density at radius 3 is 2.24 bits per heavy atom. The fraction of sp³-hybridized carbons (Fsp3) is 1.00. The molecule has 4 saturated carbocycles. The SMILES string of the molecule is CC[C@H](CCC(C)[C@H]1CCC2C3CCC4CCCC[C@]4(C)C3CC[C@@]21C)C(C)C. The van der Waals surface area contributed by atoms with E-state index in [1.165, 1.54) is 32.1 Å². The predicted molar refractivity (Wildman–Crippen MR) is 127 cm³/mol. The van der Waals surface area contributed by atoms with Crippen LogP contribution in [0.2, 0.25) is 0 Å². The maximum absolute atomic E-state index is 2.76. The van der Waals surface area contributed by atoms with Crippen LogP contribution in [0.3, 0.4) is 0 Å². The Hall–Kier alpha value is 0. The summed E-state index contributed by atoms with van der Waals surface area (Å²) in [6.07, 6.45) is 19.8. The fourth-order valence-electron chi connectivity index (χ4n) is 9.96. The van der Waals surface area contributed by atoms with Crippen molar-refractivity contribution in [1.82, 2.24) is 0 Å². The van der Waals surface area contributed by atoms with Gasteiger partial charge in [0.25, 0.3) is 0 Å². The summed E-state index contributed by atoms with van der Waals surface area (Å²) in [5.74, 6) is 8.02. The van der Waals surface area contributed by atoms with Crippen molar-refractivity contribution in [2.24, 2.45) is 58.2 Å². The molecule has 5 unspecified atom stereocenters. The highest BCUT2D eigenvalue weighted by Crippen LogP contribution is 2.68. The molecule has 0 nitrogen and oxygen atoms in total. The molecule has 0 N–H and O–H groups in total. The monoisotopic (exact) mass is 400 g/mol. The number of hydrogen-bond donors (Lipinski definition) is 0. The first-order valence-corrected chi connectivity index (χ1v) is 13.8. The van der Waals surface area contributed by atoms with Crippen LogP contribution in [0.25, 0.3) is 0 Å². The van der Waals surface area contributed by atoms with E-state index in [9.17, 15) is 0 Å². The topological polar surface area (TPSA) is 0 Å². The van der Waals surface area contributed by atoms with Gasteiger partial charge in [-0.05, 0) is 116 Å². The van der Waals surface area contributed by atoms with Crippen LogP contribution in [0.15, 0.2) is 0 Å². The summed E-state index contributed by atoms with van der Waals surface area (Å²) in [6.45, 7) is 15.4.